The van der Waals surface area contributed by atoms with Crippen LogP contribution in [-0.2, 0) is 0 Å². The largest absolute Gasteiger partial charge is 0.389 e. The summed E-state index contributed by atoms with van der Waals surface area (Å²) in [6, 6.07) is 5.30. The molecule has 2 atom stereocenters. The molecule has 0 amide bonds. The predicted molar refractivity (Wildman–Crippen MR) is 76.9 cm³/mol. The second-order valence-corrected chi connectivity index (χ2v) is 5.48. The normalized spacial score (nSPS) is 22.1. The lowest BCUT2D eigenvalue weighted by molar-refractivity contribution is 0.199. The molecule has 1 unspecified atom stereocenters. The van der Waals surface area contributed by atoms with Gasteiger partial charge in [0.25, 0.3) is 0 Å². The molecule has 1 aromatic carbocycles. The molecule has 2 rings (SSSR count). The smallest absolute Gasteiger partial charge is 0.123 e. The van der Waals surface area contributed by atoms with Crippen molar-refractivity contribution in [2.24, 2.45) is 0 Å². The third kappa shape index (κ3) is 3.27. The monoisotopic (exact) mass is 265 g/mol. The van der Waals surface area contributed by atoms with E-state index in [1.807, 2.05) is 6.07 Å². The van der Waals surface area contributed by atoms with E-state index < -0.39 is 6.10 Å². The van der Waals surface area contributed by atoms with Gasteiger partial charge in [0.05, 0.1) is 6.10 Å². The maximum absolute atomic E-state index is 13.4. The van der Waals surface area contributed by atoms with Crippen LogP contribution in [0.15, 0.2) is 18.2 Å². The van der Waals surface area contributed by atoms with Crippen molar-refractivity contribution in [3.8, 4) is 0 Å². The first kappa shape index (κ1) is 14.3. The van der Waals surface area contributed by atoms with Crippen LogP contribution in [0.5, 0.6) is 0 Å². The Morgan fingerprint density at radius 2 is 2.16 bits per heavy atom. The van der Waals surface area contributed by atoms with Crippen molar-refractivity contribution in [2.45, 2.75) is 58.1 Å². The number of hydrogen-bond acceptors (Lipinski definition) is 2. The lowest BCUT2D eigenvalue weighted by atomic mass is 10.0. The van der Waals surface area contributed by atoms with Gasteiger partial charge in [-0.1, -0.05) is 19.8 Å². The van der Waals surface area contributed by atoms with E-state index in [0.29, 0.717) is 11.6 Å². The Bertz CT molecular complexity index is 419. The van der Waals surface area contributed by atoms with E-state index in [1.165, 1.54) is 37.8 Å². The lowest BCUT2D eigenvalue weighted by Gasteiger charge is -2.33. The summed E-state index contributed by atoms with van der Waals surface area (Å²) >= 11 is 0. The minimum absolute atomic E-state index is 0.275. The van der Waals surface area contributed by atoms with Gasteiger partial charge in [-0.3, -0.25) is 0 Å². The number of benzene rings is 1. The van der Waals surface area contributed by atoms with Crippen molar-refractivity contribution in [2.75, 3.05) is 11.4 Å². The van der Waals surface area contributed by atoms with E-state index in [-0.39, 0.29) is 5.82 Å². The number of aliphatic hydroxyl groups is 1. The van der Waals surface area contributed by atoms with Crippen molar-refractivity contribution < 1.29 is 9.50 Å². The Morgan fingerprint density at radius 3 is 2.84 bits per heavy atom. The maximum Gasteiger partial charge on any atom is 0.123 e. The molecule has 1 heterocycles. The minimum Gasteiger partial charge on any atom is -0.389 e. The first-order valence-corrected chi connectivity index (χ1v) is 7.37. The molecule has 1 aromatic rings. The zero-order valence-corrected chi connectivity index (χ0v) is 11.9. The highest BCUT2D eigenvalue weighted by Crippen LogP contribution is 2.32. The van der Waals surface area contributed by atoms with Gasteiger partial charge in [-0.15, -0.1) is 0 Å². The fraction of sp³-hybridized carbons (Fsp3) is 0.625. The van der Waals surface area contributed by atoms with Crippen molar-refractivity contribution in [1.29, 1.82) is 0 Å². The van der Waals surface area contributed by atoms with E-state index in [9.17, 15) is 9.50 Å². The Hall–Kier alpha value is -1.09. The predicted octanol–water partition coefficient (Wildman–Crippen LogP) is 4.04. The zero-order chi connectivity index (χ0) is 13.8. The van der Waals surface area contributed by atoms with E-state index in [2.05, 4.69) is 11.8 Å². The van der Waals surface area contributed by atoms with Gasteiger partial charge in [0.15, 0.2) is 0 Å². The average Bonchev–Trinajstić information content (AvgIpc) is 2.63. The van der Waals surface area contributed by atoms with Crippen molar-refractivity contribution in [1.82, 2.24) is 0 Å². The molecule has 1 saturated heterocycles. The average molecular weight is 265 g/mol. The standard InChI is InChI=1S/C16H24FNO/c1-3-14-7-5-4-6-10-18(14)16-9-8-13(17)11-15(16)12(2)19/h8-9,11-12,14,19H,3-7,10H2,1-2H3/t12-,14?/m0/s1. The van der Waals surface area contributed by atoms with Gasteiger partial charge >= 0.3 is 0 Å². The van der Waals surface area contributed by atoms with Crippen LogP contribution in [0.1, 0.15) is 57.6 Å². The molecule has 0 aliphatic carbocycles. The molecule has 1 aliphatic rings. The highest BCUT2D eigenvalue weighted by molar-refractivity contribution is 5.55. The van der Waals surface area contributed by atoms with Crippen LogP contribution in [0.4, 0.5) is 10.1 Å². The molecule has 106 valence electrons. The molecule has 3 heteroatoms. The second kappa shape index (κ2) is 6.38. The van der Waals surface area contributed by atoms with Crippen LogP contribution in [-0.4, -0.2) is 17.7 Å². The van der Waals surface area contributed by atoms with Crippen LogP contribution in [0.2, 0.25) is 0 Å². The number of rotatable bonds is 3. The highest BCUT2D eigenvalue weighted by Gasteiger charge is 2.23. The summed E-state index contributed by atoms with van der Waals surface area (Å²) in [6.07, 6.45) is 5.35. The molecule has 1 aliphatic heterocycles. The minimum atomic E-state index is -0.633. The summed E-state index contributed by atoms with van der Waals surface area (Å²) in [7, 11) is 0. The fourth-order valence-electron chi connectivity index (χ4n) is 3.04. The van der Waals surface area contributed by atoms with E-state index in [4.69, 9.17) is 0 Å². The Kier molecular flexibility index (Phi) is 4.81. The molecule has 0 bridgehead atoms. The topological polar surface area (TPSA) is 23.5 Å². The number of aliphatic hydroxyl groups excluding tert-OH is 1. The summed E-state index contributed by atoms with van der Waals surface area (Å²) in [4.78, 5) is 2.37. The maximum atomic E-state index is 13.4. The van der Waals surface area contributed by atoms with Crippen LogP contribution in [0, 0.1) is 5.82 Å². The van der Waals surface area contributed by atoms with Gasteiger partial charge in [-0.05, 0) is 44.4 Å². The fourth-order valence-corrected chi connectivity index (χ4v) is 3.04. The van der Waals surface area contributed by atoms with Crippen LogP contribution < -0.4 is 4.90 Å². The first-order valence-electron chi connectivity index (χ1n) is 7.37. The van der Waals surface area contributed by atoms with Crippen LogP contribution in [0.25, 0.3) is 0 Å². The Morgan fingerprint density at radius 1 is 1.37 bits per heavy atom. The molecule has 1 N–H and O–H groups in total. The quantitative estimate of drug-likeness (QED) is 0.891. The third-order valence-electron chi connectivity index (χ3n) is 4.10. The summed E-state index contributed by atoms with van der Waals surface area (Å²) in [6.45, 7) is 4.91. The molecule has 0 spiro atoms. The summed E-state index contributed by atoms with van der Waals surface area (Å²) in [5.74, 6) is -0.275. The third-order valence-corrected chi connectivity index (χ3v) is 4.10. The lowest BCUT2D eigenvalue weighted by Crippen LogP contribution is -2.35. The van der Waals surface area contributed by atoms with E-state index in [0.717, 1.165) is 18.7 Å². The van der Waals surface area contributed by atoms with Crippen molar-refractivity contribution in [3.63, 3.8) is 0 Å². The molecule has 2 nitrogen and oxygen atoms in total. The van der Waals surface area contributed by atoms with Crippen LogP contribution in [0.3, 0.4) is 0 Å². The molecule has 0 aromatic heterocycles. The SMILES string of the molecule is CCC1CCCCCN1c1ccc(F)cc1[C@H](C)O. The zero-order valence-electron chi connectivity index (χ0n) is 11.9. The number of anilines is 1. The summed E-state index contributed by atoms with van der Waals surface area (Å²) in [5, 5.41) is 9.90. The summed E-state index contributed by atoms with van der Waals surface area (Å²) in [5.41, 5.74) is 1.71. The molecular weight excluding hydrogens is 241 g/mol. The number of hydrogen-bond donors (Lipinski definition) is 1. The van der Waals surface area contributed by atoms with Gasteiger partial charge in [0, 0.05) is 23.8 Å². The highest BCUT2D eigenvalue weighted by atomic mass is 19.1. The molecule has 0 radical (unpaired) electrons. The number of nitrogens with zero attached hydrogens (tertiary/aromatic N) is 1. The van der Waals surface area contributed by atoms with Gasteiger partial charge in [0.1, 0.15) is 5.82 Å². The molecular formula is C16H24FNO. The molecule has 1 fully saturated rings. The van der Waals surface area contributed by atoms with Crippen molar-refractivity contribution >= 4 is 5.69 Å². The van der Waals surface area contributed by atoms with Gasteiger partial charge in [-0.25, -0.2) is 4.39 Å². The van der Waals surface area contributed by atoms with Crippen molar-refractivity contribution in [3.05, 3.63) is 29.6 Å². The van der Waals surface area contributed by atoms with Gasteiger partial charge in [0.2, 0.25) is 0 Å². The summed E-state index contributed by atoms with van der Waals surface area (Å²) < 4.78 is 13.4. The van der Waals surface area contributed by atoms with Gasteiger partial charge < -0.3 is 10.0 Å². The Labute approximate surface area is 115 Å². The first-order chi connectivity index (χ1) is 9.13. The van der Waals surface area contributed by atoms with Crippen LogP contribution >= 0.6 is 0 Å². The van der Waals surface area contributed by atoms with E-state index in [1.54, 1.807) is 6.92 Å². The molecule has 19 heavy (non-hydrogen) atoms. The van der Waals surface area contributed by atoms with E-state index >= 15 is 0 Å². The second-order valence-electron chi connectivity index (χ2n) is 5.48. The number of halogens is 1. The Balaban J connectivity index is 2.37. The molecule has 0 saturated carbocycles. The van der Waals surface area contributed by atoms with Gasteiger partial charge in [-0.2, -0.15) is 0 Å².